The monoisotopic (exact) mass is 580 g/mol. The van der Waals surface area contributed by atoms with Gasteiger partial charge in [-0.15, -0.1) is 0 Å². The number of nitrogens with zero attached hydrogens (tertiary/aromatic N) is 3. The van der Waals surface area contributed by atoms with Crippen molar-refractivity contribution in [3.63, 3.8) is 0 Å². The third kappa shape index (κ3) is 6.48. The maximum Gasteiger partial charge on any atom is 0.416 e. The minimum Gasteiger partial charge on any atom is -0.369 e. The van der Waals surface area contributed by atoms with Gasteiger partial charge in [0.2, 0.25) is 5.91 Å². The van der Waals surface area contributed by atoms with Gasteiger partial charge in [-0.25, -0.2) is 8.42 Å². The molecule has 1 aliphatic rings. The summed E-state index contributed by atoms with van der Waals surface area (Å²) >= 11 is 6.27. The summed E-state index contributed by atoms with van der Waals surface area (Å²) in [6.45, 7) is 3.51. The molecule has 1 atom stereocenters. The standard InChI is InChI=1S/C27H28ClF3N4O3S/c1-33-13-15-34(16-14-33)21-10-7-19(8-11-21)17-25(26(32)36)35(39(37,38)22-5-3-2-4-6-22)24-18-20(27(29,30)31)9-12-23(24)28/h2-12,18,25H,13-17H2,1H3,(H2,32,36). The molecule has 1 heterocycles. The Kier molecular flexibility index (Phi) is 8.43. The summed E-state index contributed by atoms with van der Waals surface area (Å²) in [5.41, 5.74) is 5.65. The number of rotatable bonds is 8. The number of primary amides is 1. The van der Waals surface area contributed by atoms with Gasteiger partial charge in [-0.2, -0.15) is 13.2 Å². The molecule has 0 radical (unpaired) electrons. The number of nitrogens with two attached hydrogens (primary N) is 1. The molecule has 0 bridgehead atoms. The summed E-state index contributed by atoms with van der Waals surface area (Å²) in [5, 5.41) is -0.279. The van der Waals surface area contributed by atoms with E-state index in [1.807, 2.05) is 12.1 Å². The van der Waals surface area contributed by atoms with Gasteiger partial charge in [0.05, 0.1) is 21.2 Å². The Balaban J connectivity index is 1.76. The first-order valence-corrected chi connectivity index (χ1v) is 14.0. The van der Waals surface area contributed by atoms with Gasteiger partial charge >= 0.3 is 6.18 Å². The number of carbonyl (C=O) groups excluding carboxylic acids is 1. The van der Waals surface area contributed by atoms with E-state index in [0.717, 1.165) is 44.0 Å². The first-order chi connectivity index (χ1) is 18.4. The maximum atomic E-state index is 13.8. The second kappa shape index (κ2) is 11.4. The van der Waals surface area contributed by atoms with Crippen LogP contribution in [-0.2, 0) is 27.4 Å². The second-order valence-electron chi connectivity index (χ2n) is 9.36. The van der Waals surface area contributed by atoms with Crippen molar-refractivity contribution in [3.8, 4) is 0 Å². The van der Waals surface area contributed by atoms with Gasteiger partial charge in [0.1, 0.15) is 6.04 Å². The van der Waals surface area contributed by atoms with Crippen molar-refractivity contribution in [1.82, 2.24) is 4.90 Å². The molecule has 2 N–H and O–H groups in total. The van der Waals surface area contributed by atoms with E-state index in [0.29, 0.717) is 15.9 Å². The molecule has 0 aliphatic carbocycles. The summed E-state index contributed by atoms with van der Waals surface area (Å²) in [7, 11) is -2.51. The van der Waals surface area contributed by atoms with E-state index in [1.54, 1.807) is 18.2 Å². The number of halogens is 4. The van der Waals surface area contributed by atoms with Gasteiger partial charge < -0.3 is 15.5 Å². The minimum absolute atomic E-state index is 0.184. The maximum absolute atomic E-state index is 13.8. The lowest BCUT2D eigenvalue weighted by Gasteiger charge is -2.34. The lowest BCUT2D eigenvalue weighted by atomic mass is 10.0. The molecule has 3 aromatic carbocycles. The van der Waals surface area contributed by atoms with Gasteiger partial charge in [-0.3, -0.25) is 9.10 Å². The highest BCUT2D eigenvalue weighted by Crippen LogP contribution is 2.39. The van der Waals surface area contributed by atoms with E-state index in [9.17, 15) is 26.4 Å². The molecule has 0 saturated carbocycles. The predicted molar refractivity (Wildman–Crippen MR) is 145 cm³/mol. The highest BCUT2D eigenvalue weighted by atomic mass is 35.5. The van der Waals surface area contributed by atoms with Crippen molar-refractivity contribution in [3.05, 3.63) is 88.9 Å². The number of anilines is 2. The van der Waals surface area contributed by atoms with Gasteiger partial charge in [0.15, 0.2) is 0 Å². The molecule has 1 fully saturated rings. The molecule has 0 aromatic heterocycles. The summed E-state index contributed by atoms with van der Waals surface area (Å²) in [6, 6.07) is 15.1. The average molecular weight is 581 g/mol. The van der Waals surface area contributed by atoms with Gasteiger partial charge in [-0.1, -0.05) is 41.9 Å². The first kappa shape index (κ1) is 28.7. The largest absolute Gasteiger partial charge is 0.416 e. The topological polar surface area (TPSA) is 86.9 Å². The normalized spacial score (nSPS) is 15.7. The molecular weight excluding hydrogens is 553 g/mol. The molecule has 12 heteroatoms. The fourth-order valence-electron chi connectivity index (χ4n) is 4.46. The van der Waals surface area contributed by atoms with Crippen LogP contribution < -0.4 is 14.9 Å². The molecule has 4 rings (SSSR count). The van der Waals surface area contributed by atoms with Crippen molar-refractivity contribution in [2.24, 2.45) is 5.73 Å². The van der Waals surface area contributed by atoms with E-state index in [4.69, 9.17) is 17.3 Å². The van der Waals surface area contributed by atoms with E-state index in [1.165, 1.54) is 24.3 Å². The van der Waals surface area contributed by atoms with Crippen molar-refractivity contribution < 1.29 is 26.4 Å². The molecule has 1 aliphatic heterocycles. The zero-order valence-corrected chi connectivity index (χ0v) is 22.7. The number of benzene rings is 3. The van der Waals surface area contributed by atoms with Crippen molar-refractivity contribution in [2.75, 3.05) is 42.4 Å². The molecule has 3 aromatic rings. The smallest absolute Gasteiger partial charge is 0.369 e. The number of carbonyl (C=O) groups is 1. The molecule has 1 unspecified atom stereocenters. The lowest BCUT2D eigenvalue weighted by Crippen LogP contribution is -2.49. The first-order valence-electron chi connectivity index (χ1n) is 12.2. The Morgan fingerprint density at radius 1 is 1.00 bits per heavy atom. The Morgan fingerprint density at radius 3 is 2.18 bits per heavy atom. The van der Waals surface area contributed by atoms with Gasteiger partial charge in [-0.05, 0) is 55.1 Å². The zero-order valence-electron chi connectivity index (χ0n) is 21.1. The quantitative estimate of drug-likeness (QED) is 0.427. The van der Waals surface area contributed by atoms with Crippen LogP contribution in [0.4, 0.5) is 24.5 Å². The number of hydrogen-bond acceptors (Lipinski definition) is 5. The van der Waals surface area contributed by atoms with Crippen LogP contribution in [0, 0.1) is 0 Å². The number of piperazine rings is 1. The predicted octanol–water partition coefficient (Wildman–Crippen LogP) is 4.40. The van der Waals surface area contributed by atoms with E-state index < -0.39 is 39.4 Å². The van der Waals surface area contributed by atoms with E-state index >= 15 is 0 Å². The van der Waals surface area contributed by atoms with Crippen LogP contribution in [0.15, 0.2) is 77.7 Å². The van der Waals surface area contributed by atoms with Crippen molar-refractivity contribution in [2.45, 2.75) is 23.5 Å². The minimum atomic E-state index is -4.77. The van der Waals surface area contributed by atoms with E-state index in [-0.39, 0.29) is 16.3 Å². The third-order valence-corrected chi connectivity index (χ3v) is 8.81. The van der Waals surface area contributed by atoms with Gasteiger partial charge in [0.25, 0.3) is 10.0 Å². The van der Waals surface area contributed by atoms with Gasteiger partial charge in [0, 0.05) is 38.3 Å². The fourth-order valence-corrected chi connectivity index (χ4v) is 6.37. The molecule has 7 nitrogen and oxygen atoms in total. The number of hydrogen-bond donors (Lipinski definition) is 1. The van der Waals surface area contributed by atoms with E-state index in [2.05, 4.69) is 16.8 Å². The van der Waals surface area contributed by atoms with Crippen LogP contribution in [-0.4, -0.2) is 58.5 Å². The number of amides is 1. The molecular formula is C27H28ClF3N4O3S. The Bertz CT molecular complexity index is 1410. The highest BCUT2D eigenvalue weighted by molar-refractivity contribution is 7.93. The summed E-state index contributed by atoms with van der Waals surface area (Å²) in [4.78, 5) is 17.0. The molecule has 0 spiro atoms. The van der Waals surface area contributed by atoms with Crippen LogP contribution in [0.25, 0.3) is 0 Å². The third-order valence-electron chi connectivity index (χ3n) is 6.66. The summed E-state index contributed by atoms with van der Waals surface area (Å²) < 4.78 is 69.1. The molecule has 208 valence electrons. The lowest BCUT2D eigenvalue weighted by molar-refractivity contribution is -0.137. The van der Waals surface area contributed by atoms with Crippen LogP contribution in [0.2, 0.25) is 5.02 Å². The molecule has 39 heavy (non-hydrogen) atoms. The van der Waals surface area contributed by atoms with Crippen LogP contribution in [0.1, 0.15) is 11.1 Å². The Hall–Kier alpha value is -3.28. The zero-order chi connectivity index (χ0) is 28.4. The number of sulfonamides is 1. The van der Waals surface area contributed by atoms with Crippen LogP contribution >= 0.6 is 11.6 Å². The summed E-state index contributed by atoms with van der Waals surface area (Å²) in [5.74, 6) is -1.04. The Morgan fingerprint density at radius 2 is 1.62 bits per heavy atom. The second-order valence-corrected chi connectivity index (χ2v) is 11.6. The highest BCUT2D eigenvalue weighted by Gasteiger charge is 2.39. The van der Waals surface area contributed by atoms with Crippen molar-refractivity contribution in [1.29, 1.82) is 0 Å². The van der Waals surface area contributed by atoms with Crippen molar-refractivity contribution >= 4 is 38.9 Å². The number of likely N-dealkylation sites (N-methyl/N-ethyl adjacent to an activating group) is 1. The SMILES string of the molecule is CN1CCN(c2ccc(CC(C(N)=O)N(c3cc(C(F)(F)F)ccc3Cl)S(=O)(=O)c3ccccc3)cc2)CC1. The van der Waals surface area contributed by atoms with Crippen LogP contribution in [0.5, 0.6) is 0 Å². The average Bonchev–Trinajstić information content (AvgIpc) is 2.90. The molecule has 1 saturated heterocycles. The van der Waals surface area contributed by atoms with Crippen LogP contribution in [0.3, 0.4) is 0 Å². The Labute approximate surface area is 230 Å². The number of alkyl halides is 3. The fraction of sp³-hybridized carbons (Fsp3) is 0.296. The summed E-state index contributed by atoms with van der Waals surface area (Å²) in [6.07, 6.45) is -4.96. The molecule has 1 amide bonds.